The van der Waals surface area contributed by atoms with E-state index in [9.17, 15) is 13.2 Å². The second-order valence-electron chi connectivity index (χ2n) is 6.39. The standard InChI is InChI=1S/C19H22F3N3O/c1-2-26-18(15-4-3-9-23-12-15)14-7-10-25(11-8-14)16-5-6-17(24-13-16)19(20,21)22/h3-6,9,12-14,18H,2,7-8,10-11H2,1H3. The summed E-state index contributed by atoms with van der Waals surface area (Å²) in [5.74, 6) is 0.359. The number of rotatable bonds is 5. The van der Waals surface area contributed by atoms with Gasteiger partial charge in [-0.3, -0.25) is 4.98 Å². The normalized spacial score (nSPS) is 17.3. The molecule has 0 aromatic carbocycles. The van der Waals surface area contributed by atoms with Crippen LogP contribution in [0.2, 0.25) is 0 Å². The molecule has 2 aromatic rings. The molecule has 1 unspecified atom stereocenters. The minimum atomic E-state index is -4.40. The maximum Gasteiger partial charge on any atom is 0.433 e. The molecule has 0 saturated carbocycles. The van der Waals surface area contributed by atoms with Crippen LogP contribution in [0.4, 0.5) is 18.9 Å². The number of hydrogen-bond donors (Lipinski definition) is 0. The monoisotopic (exact) mass is 365 g/mol. The lowest BCUT2D eigenvalue weighted by Crippen LogP contribution is -2.36. The third-order valence-corrected chi connectivity index (χ3v) is 4.73. The summed E-state index contributed by atoms with van der Waals surface area (Å²) < 4.78 is 43.9. The Labute approximate surface area is 151 Å². The molecule has 1 aliphatic rings. The number of anilines is 1. The van der Waals surface area contributed by atoms with Gasteiger partial charge in [0, 0.05) is 32.1 Å². The SMILES string of the molecule is CCOC(c1cccnc1)C1CCN(c2ccc(C(F)(F)F)nc2)CC1. The van der Waals surface area contributed by atoms with Gasteiger partial charge in [-0.15, -0.1) is 0 Å². The van der Waals surface area contributed by atoms with Crippen LogP contribution in [0.5, 0.6) is 0 Å². The molecule has 0 radical (unpaired) electrons. The molecule has 0 aliphatic carbocycles. The third-order valence-electron chi connectivity index (χ3n) is 4.73. The van der Waals surface area contributed by atoms with Gasteiger partial charge in [-0.2, -0.15) is 13.2 Å². The van der Waals surface area contributed by atoms with E-state index in [-0.39, 0.29) is 6.10 Å². The van der Waals surface area contributed by atoms with Crippen molar-refractivity contribution in [1.82, 2.24) is 9.97 Å². The maximum absolute atomic E-state index is 12.6. The van der Waals surface area contributed by atoms with Crippen LogP contribution < -0.4 is 4.90 Å². The van der Waals surface area contributed by atoms with Crippen molar-refractivity contribution < 1.29 is 17.9 Å². The topological polar surface area (TPSA) is 38.2 Å². The fraction of sp³-hybridized carbons (Fsp3) is 0.474. The minimum absolute atomic E-state index is 0.00146. The largest absolute Gasteiger partial charge is 0.433 e. The van der Waals surface area contributed by atoms with Crippen LogP contribution in [0.15, 0.2) is 42.9 Å². The molecule has 1 aliphatic heterocycles. The number of hydrogen-bond acceptors (Lipinski definition) is 4. The molecule has 0 spiro atoms. The van der Waals surface area contributed by atoms with Crippen LogP contribution in [0.3, 0.4) is 0 Å². The van der Waals surface area contributed by atoms with Gasteiger partial charge in [0.15, 0.2) is 0 Å². The Bertz CT molecular complexity index is 683. The van der Waals surface area contributed by atoms with Gasteiger partial charge < -0.3 is 9.64 Å². The van der Waals surface area contributed by atoms with Crippen molar-refractivity contribution >= 4 is 5.69 Å². The van der Waals surface area contributed by atoms with Gasteiger partial charge in [0.1, 0.15) is 5.69 Å². The number of piperidine rings is 1. The Morgan fingerprint density at radius 3 is 2.50 bits per heavy atom. The molecule has 140 valence electrons. The van der Waals surface area contributed by atoms with Crippen LogP contribution in [0, 0.1) is 5.92 Å². The number of nitrogens with zero attached hydrogens (tertiary/aromatic N) is 3. The molecule has 1 atom stereocenters. The smallest absolute Gasteiger partial charge is 0.373 e. The van der Waals surface area contributed by atoms with Crippen molar-refractivity contribution in [3.8, 4) is 0 Å². The summed E-state index contributed by atoms with van der Waals surface area (Å²) in [5.41, 5.74) is 0.943. The van der Waals surface area contributed by atoms with Crippen LogP contribution in [-0.4, -0.2) is 29.7 Å². The zero-order chi connectivity index (χ0) is 18.6. The lowest BCUT2D eigenvalue weighted by atomic mass is 9.87. The van der Waals surface area contributed by atoms with Crippen molar-refractivity contribution in [3.05, 3.63) is 54.1 Å². The summed E-state index contributed by atoms with van der Waals surface area (Å²) in [4.78, 5) is 9.82. The van der Waals surface area contributed by atoms with E-state index in [1.54, 1.807) is 6.20 Å². The molecule has 7 heteroatoms. The first kappa shape index (κ1) is 18.6. The first-order chi connectivity index (χ1) is 12.5. The second-order valence-corrected chi connectivity index (χ2v) is 6.39. The van der Waals surface area contributed by atoms with Crippen LogP contribution in [0.1, 0.15) is 37.1 Å². The van der Waals surface area contributed by atoms with Gasteiger partial charge in [0.05, 0.1) is 18.0 Å². The highest BCUT2D eigenvalue weighted by atomic mass is 19.4. The maximum atomic E-state index is 12.6. The molecule has 2 aromatic heterocycles. The molecule has 3 rings (SSSR count). The molecular formula is C19H22F3N3O. The molecular weight excluding hydrogens is 343 g/mol. The fourth-order valence-corrected chi connectivity index (χ4v) is 3.43. The second kappa shape index (κ2) is 8.03. The highest BCUT2D eigenvalue weighted by molar-refractivity contribution is 5.45. The Morgan fingerprint density at radius 1 is 1.19 bits per heavy atom. The van der Waals surface area contributed by atoms with Gasteiger partial charge >= 0.3 is 6.18 Å². The van der Waals surface area contributed by atoms with Crippen molar-refractivity contribution in [3.63, 3.8) is 0 Å². The first-order valence-corrected chi connectivity index (χ1v) is 8.78. The number of alkyl halides is 3. The first-order valence-electron chi connectivity index (χ1n) is 8.78. The summed E-state index contributed by atoms with van der Waals surface area (Å²) in [7, 11) is 0. The third kappa shape index (κ3) is 4.33. The van der Waals surface area contributed by atoms with Crippen LogP contribution >= 0.6 is 0 Å². The Morgan fingerprint density at radius 2 is 1.96 bits per heavy atom. The minimum Gasteiger partial charge on any atom is -0.373 e. The van der Waals surface area contributed by atoms with Crippen molar-refractivity contribution in [1.29, 1.82) is 0 Å². The molecule has 3 heterocycles. The summed E-state index contributed by atoms with van der Waals surface area (Å²) in [6.45, 7) is 4.14. The van der Waals surface area contributed by atoms with E-state index in [0.29, 0.717) is 12.5 Å². The van der Waals surface area contributed by atoms with Crippen LogP contribution in [0.25, 0.3) is 0 Å². The van der Waals surface area contributed by atoms with Gasteiger partial charge in [-0.25, -0.2) is 4.98 Å². The van der Waals surface area contributed by atoms with Gasteiger partial charge in [0.25, 0.3) is 0 Å². The van der Waals surface area contributed by atoms with E-state index in [2.05, 4.69) is 14.9 Å². The predicted octanol–water partition coefficient (Wildman–Crippen LogP) is 4.49. The molecule has 1 fully saturated rings. The van der Waals surface area contributed by atoms with Crippen molar-refractivity contribution in [2.75, 3.05) is 24.6 Å². The Hall–Kier alpha value is -2.15. The molecule has 1 saturated heterocycles. The summed E-state index contributed by atoms with van der Waals surface area (Å²) in [5, 5.41) is 0. The lowest BCUT2D eigenvalue weighted by Gasteiger charge is -2.37. The van der Waals surface area contributed by atoms with E-state index in [1.165, 1.54) is 12.3 Å². The van der Waals surface area contributed by atoms with E-state index in [0.717, 1.165) is 43.2 Å². The average molecular weight is 365 g/mol. The zero-order valence-electron chi connectivity index (χ0n) is 14.6. The van der Waals surface area contributed by atoms with Crippen molar-refractivity contribution in [2.24, 2.45) is 5.92 Å². The van der Waals surface area contributed by atoms with E-state index in [4.69, 9.17) is 4.74 Å². The fourth-order valence-electron chi connectivity index (χ4n) is 3.43. The summed E-state index contributed by atoms with van der Waals surface area (Å²) in [6.07, 6.45) is 2.30. The lowest BCUT2D eigenvalue weighted by molar-refractivity contribution is -0.141. The average Bonchev–Trinajstić information content (AvgIpc) is 2.66. The number of ether oxygens (including phenoxy) is 1. The number of pyridine rings is 2. The zero-order valence-corrected chi connectivity index (χ0v) is 14.6. The van der Waals surface area contributed by atoms with Gasteiger partial charge in [0.2, 0.25) is 0 Å². The van der Waals surface area contributed by atoms with E-state index < -0.39 is 11.9 Å². The summed E-state index contributed by atoms with van der Waals surface area (Å²) >= 11 is 0. The Balaban J connectivity index is 1.64. The highest BCUT2D eigenvalue weighted by Gasteiger charge is 2.33. The highest BCUT2D eigenvalue weighted by Crippen LogP contribution is 2.35. The molecule has 4 nitrogen and oxygen atoms in total. The van der Waals surface area contributed by atoms with Crippen LogP contribution in [-0.2, 0) is 10.9 Å². The van der Waals surface area contributed by atoms with E-state index in [1.807, 2.05) is 25.3 Å². The number of aromatic nitrogens is 2. The molecule has 0 N–H and O–H groups in total. The predicted molar refractivity (Wildman–Crippen MR) is 92.8 cm³/mol. The van der Waals surface area contributed by atoms with E-state index >= 15 is 0 Å². The Kier molecular flexibility index (Phi) is 5.76. The van der Waals surface area contributed by atoms with Gasteiger partial charge in [-0.1, -0.05) is 6.07 Å². The molecule has 0 amide bonds. The number of halogens is 3. The molecule has 26 heavy (non-hydrogen) atoms. The quantitative estimate of drug-likeness (QED) is 0.783. The molecule has 0 bridgehead atoms. The van der Waals surface area contributed by atoms with Gasteiger partial charge in [-0.05, 0) is 49.4 Å². The van der Waals surface area contributed by atoms with Crippen molar-refractivity contribution in [2.45, 2.75) is 32.0 Å². The summed E-state index contributed by atoms with van der Waals surface area (Å²) in [6, 6.07) is 6.47.